The molecule has 2 aromatic carbocycles. The van der Waals surface area contributed by atoms with Crippen LogP contribution in [0.2, 0.25) is 0 Å². The van der Waals surface area contributed by atoms with Gasteiger partial charge in [0.25, 0.3) is 5.91 Å². The van der Waals surface area contributed by atoms with Gasteiger partial charge in [0.05, 0.1) is 0 Å². The molecule has 0 aliphatic carbocycles. The average Bonchev–Trinajstić information content (AvgIpc) is 2.86. The molecule has 0 spiro atoms. The molecule has 2 N–H and O–H groups in total. The van der Waals surface area contributed by atoms with Crippen molar-refractivity contribution in [2.24, 2.45) is 0 Å². The first kappa shape index (κ1) is 13.4. The lowest BCUT2D eigenvalue weighted by Crippen LogP contribution is -2.12. The number of nitrogens with one attached hydrogen (secondary N) is 2. The van der Waals surface area contributed by atoms with Gasteiger partial charge in [0.15, 0.2) is 0 Å². The number of carbonyl (C=O) groups excluding carboxylic acids is 1. The lowest BCUT2D eigenvalue weighted by Gasteiger charge is -2.06. The number of fused-ring (bicyclic) bond motifs is 1. The van der Waals surface area contributed by atoms with Crippen LogP contribution in [-0.2, 0) is 0 Å². The minimum atomic E-state index is -0.118. The maximum atomic E-state index is 12.3. The second kappa shape index (κ2) is 5.09. The Bertz CT molecular complexity index is 830. The number of rotatable bonds is 2. The van der Waals surface area contributed by atoms with Crippen molar-refractivity contribution in [1.29, 1.82) is 0 Å². The summed E-state index contributed by atoms with van der Waals surface area (Å²) in [6.07, 6.45) is 0. The molecule has 0 bridgehead atoms. The van der Waals surface area contributed by atoms with Crippen molar-refractivity contribution < 1.29 is 4.79 Å². The number of hydrogen-bond acceptors (Lipinski definition) is 1. The summed E-state index contributed by atoms with van der Waals surface area (Å²) in [6.45, 7) is 6.14. The van der Waals surface area contributed by atoms with Crippen LogP contribution in [-0.4, -0.2) is 10.9 Å². The van der Waals surface area contributed by atoms with Crippen LogP contribution in [0.3, 0.4) is 0 Å². The van der Waals surface area contributed by atoms with Crippen LogP contribution >= 0.6 is 0 Å². The van der Waals surface area contributed by atoms with E-state index in [0.29, 0.717) is 5.69 Å². The summed E-state index contributed by atoms with van der Waals surface area (Å²) in [5.41, 5.74) is 5.94. The normalized spacial score (nSPS) is 10.8. The molecule has 106 valence electrons. The standard InChI is InChI=1S/C18H18N2O/c1-11-4-7-16-14(8-11)10-17(20-16)18(21)19-15-6-5-12(2)13(3)9-15/h4-10,20H,1-3H3,(H,19,21). The Balaban J connectivity index is 1.87. The summed E-state index contributed by atoms with van der Waals surface area (Å²) in [5, 5.41) is 3.99. The maximum Gasteiger partial charge on any atom is 0.272 e. The molecule has 0 saturated carbocycles. The topological polar surface area (TPSA) is 44.9 Å². The van der Waals surface area contributed by atoms with Crippen LogP contribution in [0.4, 0.5) is 5.69 Å². The summed E-state index contributed by atoms with van der Waals surface area (Å²) in [4.78, 5) is 15.5. The van der Waals surface area contributed by atoms with E-state index in [4.69, 9.17) is 0 Å². The van der Waals surface area contributed by atoms with Crippen LogP contribution in [0, 0.1) is 20.8 Å². The molecule has 21 heavy (non-hydrogen) atoms. The van der Waals surface area contributed by atoms with E-state index in [-0.39, 0.29) is 5.91 Å². The molecule has 3 nitrogen and oxygen atoms in total. The number of hydrogen-bond donors (Lipinski definition) is 2. The van der Waals surface area contributed by atoms with Gasteiger partial charge < -0.3 is 10.3 Å². The highest BCUT2D eigenvalue weighted by Gasteiger charge is 2.10. The zero-order valence-electron chi connectivity index (χ0n) is 12.4. The summed E-state index contributed by atoms with van der Waals surface area (Å²) >= 11 is 0. The molecular weight excluding hydrogens is 260 g/mol. The Kier molecular flexibility index (Phi) is 3.26. The van der Waals surface area contributed by atoms with Crippen molar-refractivity contribution in [2.75, 3.05) is 5.32 Å². The lowest BCUT2D eigenvalue weighted by atomic mass is 10.1. The number of aryl methyl sites for hydroxylation is 3. The van der Waals surface area contributed by atoms with Gasteiger partial charge in [-0.15, -0.1) is 0 Å². The van der Waals surface area contributed by atoms with Gasteiger partial charge in [-0.1, -0.05) is 17.7 Å². The van der Waals surface area contributed by atoms with Crippen LogP contribution in [0.25, 0.3) is 10.9 Å². The quantitative estimate of drug-likeness (QED) is 0.719. The first-order valence-corrected chi connectivity index (χ1v) is 7.01. The fraction of sp³-hybridized carbons (Fsp3) is 0.167. The first-order valence-electron chi connectivity index (χ1n) is 7.01. The van der Waals surface area contributed by atoms with Gasteiger partial charge in [-0.25, -0.2) is 0 Å². The number of aromatic nitrogens is 1. The van der Waals surface area contributed by atoms with Gasteiger partial charge in [0.1, 0.15) is 5.69 Å². The molecule has 1 amide bonds. The number of amides is 1. The minimum absolute atomic E-state index is 0.118. The van der Waals surface area contributed by atoms with E-state index in [1.807, 2.05) is 50.2 Å². The summed E-state index contributed by atoms with van der Waals surface area (Å²) in [6, 6.07) is 13.9. The van der Waals surface area contributed by atoms with Crippen molar-refractivity contribution >= 4 is 22.5 Å². The van der Waals surface area contributed by atoms with Gasteiger partial charge in [-0.05, 0) is 62.2 Å². The third-order valence-electron chi connectivity index (χ3n) is 3.79. The van der Waals surface area contributed by atoms with Crippen LogP contribution in [0.5, 0.6) is 0 Å². The van der Waals surface area contributed by atoms with Gasteiger partial charge in [-0.3, -0.25) is 4.79 Å². The van der Waals surface area contributed by atoms with E-state index in [9.17, 15) is 4.79 Å². The van der Waals surface area contributed by atoms with E-state index in [1.165, 1.54) is 16.7 Å². The second-order valence-electron chi connectivity index (χ2n) is 5.53. The highest BCUT2D eigenvalue weighted by molar-refractivity contribution is 6.06. The van der Waals surface area contributed by atoms with Gasteiger partial charge in [0, 0.05) is 16.6 Å². The Labute approximate surface area is 124 Å². The molecule has 0 saturated heterocycles. The molecule has 1 heterocycles. The van der Waals surface area contributed by atoms with Gasteiger partial charge in [-0.2, -0.15) is 0 Å². The van der Waals surface area contributed by atoms with Crippen LogP contribution in [0.15, 0.2) is 42.5 Å². The fourth-order valence-corrected chi connectivity index (χ4v) is 2.39. The molecule has 0 fully saturated rings. The van der Waals surface area contributed by atoms with Crippen molar-refractivity contribution in [3.8, 4) is 0 Å². The predicted octanol–water partition coefficient (Wildman–Crippen LogP) is 4.35. The largest absolute Gasteiger partial charge is 0.351 e. The number of benzene rings is 2. The molecule has 0 radical (unpaired) electrons. The molecule has 3 heteroatoms. The molecule has 0 unspecified atom stereocenters. The van der Waals surface area contributed by atoms with Crippen LogP contribution < -0.4 is 5.32 Å². The minimum Gasteiger partial charge on any atom is -0.351 e. The smallest absolute Gasteiger partial charge is 0.272 e. The molecule has 3 rings (SSSR count). The van der Waals surface area contributed by atoms with E-state index in [1.54, 1.807) is 0 Å². The highest BCUT2D eigenvalue weighted by Crippen LogP contribution is 2.19. The van der Waals surface area contributed by atoms with Crippen molar-refractivity contribution in [1.82, 2.24) is 4.98 Å². The third-order valence-corrected chi connectivity index (χ3v) is 3.79. The Morgan fingerprint density at radius 2 is 1.76 bits per heavy atom. The molecule has 0 atom stereocenters. The Morgan fingerprint density at radius 1 is 0.952 bits per heavy atom. The maximum absolute atomic E-state index is 12.3. The zero-order chi connectivity index (χ0) is 15.0. The summed E-state index contributed by atoms with van der Waals surface area (Å²) in [5.74, 6) is -0.118. The van der Waals surface area contributed by atoms with Crippen molar-refractivity contribution in [3.05, 3.63) is 64.8 Å². The van der Waals surface area contributed by atoms with Crippen molar-refractivity contribution in [2.45, 2.75) is 20.8 Å². The summed E-state index contributed by atoms with van der Waals surface area (Å²) < 4.78 is 0. The average molecular weight is 278 g/mol. The van der Waals surface area contributed by atoms with E-state index in [2.05, 4.69) is 23.3 Å². The Morgan fingerprint density at radius 3 is 2.52 bits per heavy atom. The third kappa shape index (κ3) is 2.68. The molecule has 3 aromatic rings. The zero-order valence-corrected chi connectivity index (χ0v) is 12.4. The molecule has 0 aliphatic rings. The number of H-pyrrole nitrogens is 1. The second-order valence-corrected chi connectivity index (χ2v) is 5.53. The van der Waals surface area contributed by atoms with E-state index < -0.39 is 0 Å². The van der Waals surface area contributed by atoms with Gasteiger partial charge in [0.2, 0.25) is 0 Å². The fourth-order valence-electron chi connectivity index (χ4n) is 2.39. The highest BCUT2D eigenvalue weighted by atomic mass is 16.1. The van der Waals surface area contributed by atoms with E-state index in [0.717, 1.165) is 16.6 Å². The predicted molar refractivity (Wildman–Crippen MR) is 86.9 cm³/mol. The van der Waals surface area contributed by atoms with E-state index >= 15 is 0 Å². The number of carbonyl (C=O) groups is 1. The molecule has 1 aromatic heterocycles. The lowest BCUT2D eigenvalue weighted by molar-refractivity contribution is 0.102. The van der Waals surface area contributed by atoms with Crippen molar-refractivity contribution in [3.63, 3.8) is 0 Å². The SMILES string of the molecule is Cc1ccc2[nH]c(C(=O)Nc3ccc(C)c(C)c3)cc2c1. The number of anilines is 1. The molecule has 0 aliphatic heterocycles. The van der Waals surface area contributed by atoms with Gasteiger partial charge >= 0.3 is 0 Å². The summed E-state index contributed by atoms with van der Waals surface area (Å²) in [7, 11) is 0. The monoisotopic (exact) mass is 278 g/mol. The number of aromatic amines is 1. The first-order chi connectivity index (χ1) is 10.0. The Hall–Kier alpha value is -2.55. The van der Waals surface area contributed by atoms with Crippen LogP contribution in [0.1, 0.15) is 27.2 Å². The molecular formula is C18H18N2O.